The Morgan fingerprint density at radius 1 is 1.38 bits per heavy atom. The van der Waals surface area contributed by atoms with Gasteiger partial charge in [-0.05, 0) is 32.3 Å². The van der Waals surface area contributed by atoms with Gasteiger partial charge >= 0.3 is 0 Å². The lowest BCUT2D eigenvalue weighted by Crippen LogP contribution is -2.35. The lowest BCUT2D eigenvalue weighted by Gasteiger charge is -2.19. The van der Waals surface area contributed by atoms with Crippen LogP contribution in [0.1, 0.15) is 0 Å². The first kappa shape index (κ1) is 12.4. The first-order valence-electron chi connectivity index (χ1n) is 4.88. The van der Waals surface area contributed by atoms with E-state index in [0.717, 1.165) is 0 Å². The standard InChI is InChI=1S/C11H16FN3O/c1-14(2)7-11(16)15(3)8-4-5-10(13)9(12)6-8/h4-6H,7,13H2,1-3H3. The highest BCUT2D eigenvalue weighted by molar-refractivity contribution is 5.94. The fourth-order valence-electron chi connectivity index (χ4n) is 1.25. The van der Waals surface area contributed by atoms with Crippen molar-refractivity contribution in [1.82, 2.24) is 4.90 Å². The first-order chi connectivity index (χ1) is 7.41. The number of carbonyl (C=O) groups is 1. The normalized spacial score (nSPS) is 10.6. The molecule has 0 aliphatic heterocycles. The number of rotatable bonds is 3. The van der Waals surface area contributed by atoms with Gasteiger partial charge in [0.1, 0.15) is 5.82 Å². The van der Waals surface area contributed by atoms with Gasteiger partial charge in [0, 0.05) is 12.7 Å². The van der Waals surface area contributed by atoms with Crippen LogP contribution in [0.4, 0.5) is 15.8 Å². The van der Waals surface area contributed by atoms with Gasteiger partial charge in [-0.2, -0.15) is 0 Å². The number of likely N-dealkylation sites (N-methyl/N-ethyl adjacent to an activating group) is 2. The van der Waals surface area contributed by atoms with Crippen LogP contribution in [0, 0.1) is 5.82 Å². The molecule has 1 aromatic carbocycles. The van der Waals surface area contributed by atoms with Crippen molar-refractivity contribution in [2.24, 2.45) is 0 Å². The zero-order valence-corrected chi connectivity index (χ0v) is 9.70. The summed E-state index contributed by atoms with van der Waals surface area (Å²) in [6, 6.07) is 4.32. The summed E-state index contributed by atoms with van der Waals surface area (Å²) in [5.74, 6) is -0.615. The molecule has 0 spiro atoms. The second-order valence-corrected chi connectivity index (χ2v) is 3.90. The Morgan fingerprint density at radius 3 is 2.50 bits per heavy atom. The molecule has 0 saturated carbocycles. The van der Waals surface area contributed by atoms with Gasteiger partial charge in [0.2, 0.25) is 5.91 Å². The quantitative estimate of drug-likeness (QED) is 0.779. The number of nitrogen functional groups attached to an aromatic ring is 1. The predicted molar refractivity (Wildman–Crippen MR) is 62.8 cm³/mol. The number of carbonyl (C=O) groups excluding carboxylic acids is 1. The van der Waals surface area contributed by atoms with Gasteiger partial charge in [0.15, 0.2) is 0 Å². The third-order valence-corrected chi connectivity index (χ3v) is 2.20. The zero-order chi connectivity index (χ0) is 12.3. The predicted octanol–water partition coefficient (Wildman–Crippen LogP) is 0.932. The summed E-state index contributed by atoms with van der Waals surface area (Å²) in [5, 5.41) is 0. The van der Waals surface area contributed by atoms with Crippen LogP contribution in [0.3, 0.4) is 0 Å². The molecule has 0 aliphatic carbocycles. The lowest BCUT2D eigenvalue weighted by atomic mass is 10.2. The van der Waals surface area contributed by atoms with Crippen LogP contribution in [-0.2, 0) is 4.79 Å². The van der Waals surface area contributed by atoms with Crippen LogP contribution >= 0.6 is 0 Å². The number of benzene rings is 1. The van der Waals surface area contributed by atoms with Crippen molar-refractivity contribution in [3.8, 4) is 0 Å². The molecule has 0 fully saturated rings. The Bertz CT molecular complexity index is 393. The molecule has 0 atom stereocenters. The lowest BCUT2D eigenvalue weighted by molar-refractivity contribution is -0.118. The summed E-state index contributed by atoms with van der Waals surface area (Å²) in [6.45, 7) is 0.280. The molecule has 5 heteroatoms. The van der Waals surface area contributed by atoms with Crippen molar-refractivity contribution in [2.45, 2.75) is 0 Å². The van der Waals surface area contributed by atoms with Crippen LogP contribution in [0.15, 0.2) is 18.2 Å². The maximum atomic E-state index is 13.2. The van der Waals surface area contributed by atoms with Crippen LogP contribution in [0.2, 0.25) is 0 Å². The van der Waals surface area contributed by atoms with Gasteiger partial charge in [0.25, 0.3) is 0 Å². The van der Waals surface area contributed by atoms with Crippen LogP contribution < -0.4 is 10.6 Å². The maximum Gasteiger partial charge on any atom is 0.240 e. The molecule has 4 nitrogen and oxygen atoms in total. The van der Waals surface area contributed by atoms with Crippen LogP contribution in [-0.4, -0.2) is 38.5 Å². The van der Waals surface area contributed by atoms with Crippen molar-refractivity contribution < 1.29 is 9.18 Å². The highest BCUT2D eigenvalue weighted by Crippen LogP contribution is 2.18. The molecule has 0 saturated heterocycles. The van der Waals surface area contributed by atoms with Gasteiger partial charge in [-0.25, -0.2) is 4.39 Å². The summed E-state index contributed by atoms with van der Waals surface area (Å²) in [4.78, 5) is 14.8. The molecular weight excluding hydrogens is 209 g/mol. The molecule has 1 aromatic rings. The molecule has 0 heterocycles. The second-order valence-electron chi connectivity index (χ2n) is 3.90. The Labute approximate surface area is 94.4 Å². The summed E-state index contributed by atoms with van der Waals surface area (Å²) in [7, 11) is 5.21. The molecule has 16 heavy (non-hydrogen) atoms. The minimum Gasteiger partial charge on any atom is -0.396 e. The van der Waals surface area contributed by atoms with Crippen molar-refractivity contribution in [1.29, 1.82) is 0 Å². The molecule has 0 aromatic heterocycles. The molecule has 88 valence electrons. The van der Waals surface area contributed by atoms with Gasteiger partial charge in [0.05, 0.1) is 12.2 Å². The largest absolute Gasteiger partial charge is 0.396 e. The van der Waals surface area contributed by atoms with Gasteiger partial charge in [-0.3, -0.25) is 4.79 Å². The van der Waals surface area contributed by atoms with Crippen molar-refractivity contribution in [2.75, 3.05) is 38.3 Å². The molecule has 0 unspecified atom stereocenters. The summed E-state index contributed by atoms with van der Waals surface area (Å²) < 4.78 is 13.2. The second kappa shape index (κ2) is 4.94. The van der Waals surface area contributed by atoms with Crippen molar-refractivity contribution in [3.63, 3.8) is 0 Å². The average Bonchev–Trinajstić information content (AvgIpc) is 2.20. The van der Waals surface area contributed by atoms with E-state index < -0.39 is 5.82 Å². The van der Waals surface area contributed by atoms with E-state index >= 15 is 0 Å². The van der Waals surface area contributed by atoms with E-state index in [1.165, 1.54) is 17.0 Å². The van der Waals surface area contributed by atoms with Crippen molar-refractivity contribution >= 4 is 17.3 Å². The van der Waals surface area contributed by atoms with E-state index in [4.69, 9.17) is 5.73 Å². The Hall–Kier alpha value is -1.62. The number of nitrogens with zero attached hydrogens (tertiary/aromatic N) is 2. The summed E-state index contributed by atoms with van der Waals surface area (Å²) in [6.07, 6.45) is 0. The minimum absolute atomic E-state index is 0.0807. The first-order valence-corrected chi connectivity index (χ1v) is 4.88. The van der Waals surface area contributed by atoms with E-state index in [0.29, 0.717) is 5.69 Å². The molecule has 0 bridgehead atoms. The third kappa shape index (κ3) is 2.93. The molecule has 1 amide bonds. The van der Waals surface area contributed by atoms with Crippen LogP contribution in [0.25, 0.3) is 0 Å². The van der Waals surface area contributed by atoms with E-state index in [9.17, 15) is 9.18 Å². The minimum atomic E-state index is -0.512. The Balaban J connectivity index is 2.83. The number of hydrogen-bond donors (Lipinski definition) is 1. The summed E-state index contributed by atoms with van der Waals surface area (Å²) in [5.41, 5.74) is 5.94. The molecular formula is C11H16FN3O. The monoisotopic (exact) mass is 225 g/mol. The molecule has 0 radical (unpaired) electrons. The number of anilines is 2. The van der Waals surface area contributed by atoms with E-state index in [1.807, 2.05) is 0 Å². The Morgan fingerprint density at radius 2 is 2.00 bits per heavy atom. The van der Waals surface area contributed by atoms with Gasteiger partial charge < -0.3 is 15.5 Å². The molecule has 0 aliphatic rings. The van der Waals surface area contributed by atoms with Crippen molar-refractivity contribution in [3.05, 3.63) is 24.0 Å². The van der Waals surface area contributed by atoms with E-state index in [1.54, 1.807) is 32.1 Å². The van der Waals surface area contributed by atoms with Crippen LogP contribution in [0.5, 0.6) is 0 Å². The average molecular weight is 225 g/mol. The molecule has 2 N–H and O–H groups in total. The SMILES string of the molecule is CN(C)CC(=O)N(C)c1ccc(N)c(F)c1. The van der Waals surface area contributed by atoms with E-state index in [2.05, 4.69) is 0 Å². The number of amides is 1. The number of hydrogen-bond acceptors (Lipinski definition) is 3. The number of halogens is 1. The smallest absolute Gasteiger partial charge is 0.240 e. The topological polar surface area (TPSA) is 49.6 Å². The number of nitrogens with two attached hydrogens (primary N) is 1. The van der Waals surface area contributed by atoms with Gasteiger partial charge in [-0.15, -0.1) is 0 Å². The highest BCUT2D eigenvalue weighted by atomic mass is 19.1. The zero-order valence-electron chi connectivity index (χ0n) is 9.70. The Kier molecular flexibility index (Phi) is 3.84. The molecule has 1 rings (SSSR count). The fourth-order valence-corrected chi connectivity index (χ4v) is 1.25. The highest BCUT2D eigenvalue weighted by Gasteiger charge is 2.12. The summed E-state index contributed by atoms with van der Waals surface area (Å²) >= 11 is 0. The third-order valence-electron chi connectivity index (χ3n) is 2.20. The van der Waals surface area contributed by atoms with Gasteiger partial charge in [-0.1, -0.05) is 0 Å². The van der Waals surface area contributed by atoms with E-state index in [-0.39, 0.29) is 18.1 Å². The fraction of sp³-hybridized carbons (Fsp3) is 0.364. The maximum absolute atomic E-state index is 13.2.